The molecule has 1 heterocycles. The molecule has 8 nitrogen and oxygen atoms in total. The Bertz CT molecular complexity index is 1040. The molecule has 0 radical (unpaired) electrons. The van der Waals surface area contributed by atoms with Crippen molar-refractivity contribution < 1.29 is 22.4 Å². The first kappa shape index (κ1) is 22.1. The number of ether oxygens (including phenoxy) is 1. The maximum Gasteiger partial charge on any atom is 0.333 e. The minimum atomic E-state index is -4.03. The molecule has 2 aliphatic rings. The van der Waals surface area contributed by atoms with Gasteiger partial charge < -0.3 is 9.84 Å². The smallest absolute Gasteiger partial charge is 0.333 e. The molecule has 1 fully saturated rings. The summed E-state index contributed by atoms with van der Waals surface area (Å²) in [6, 6.07) is 10.5. The predicted octanol–water partition coefficient (Wildman–Crippen LogP) is 2.22. The van der Waals surface area contributed by atoms with Crippen molar-refractivity contribution in [1.29, 1.82) is 0 Å². The number of nitrogens with two attached hydrogens (primary N) is 1. The van der Waals surface area contributed by atoms with Crippen LogP contribution in [0.3, 0.4) is 0 Å². The standard InChI is InChI=1S/C22H29N3O5S/c1-22(2)11-14(18-5-3-4-6-19(18)22)7-16-9-21(25-13-24-16)30-17-8-15(20(26)10-17)12-29-31(23,27)28/h3-6,9,13-15,17,20,26H,7-8,10-12H2,1-2H3,(H2,23,27,28)/t14?,15-,17+,20-/m0/s1. The maximum absolute atomic E-state index is 11.0. The van der Waals surface area contributed by atoms with Gasteiger partial charge in [0.1, 0.15) is 12.4 Å². The van der Waals surface area contributed by atoms with Gasteiger partial charge in [-0.25, -0.2) is 15.1 Å². The van der Waals surface area contributed by atoms with Gasteiger partial charge in [-0.2, -0.15) is 8.42 Å². The Morgan fingerprint density at radius 2 is 2.00 bits per heavy atom. The van der Waals surface area contributed by atoms with E-state index >= 15 is 0 Å². The van der Waals surface area contributed by atoms with E-state index in [1.165, 1.54) is 17.5 Å². The van der Waals surface area contributed by atoms with Gasteiger partial charge in [-0.1, -0.05) is 38.1 Å². The molecule has 4 atom stereocenters. The molecule has 0 aliphatic heterocycles. The van der Waals surface area contributed by atoms with Crippen molar-refractivity contribution in [3.05, 3.63) is 53.5 Å². The Morgan fingerprint density at radius 3 is 2.77 bits per heavy atom. The Labute approximate surface area is 183 Å². The van der Waals surface area contributed by atoms with Gasteiger partial charge in [-0.3, -0.25) is 4.18 Å². The van der Waals surface area contributed by atoms with Crippen molar-refractivity contribution in [1.82, 2.24) is 9.97 Å². The van der Waals surface area contributed by atoms with Crippen LogP contribution in [0.15, 0.2) is 36.7 Å². The second kappa shape index (κ2) is 8.46. The number of rotatable bonds is 7. The Kier molecular flexibility index (Phi) is 6.04. The highest BCUT2D eigenvalue weighted by Crippen LogP contribution is 2.46. The average Bonchev–Trinajstić information content (AvgIpc) is 3.16. The van der Waals surface area contributed by atoms with Gasteiger partial charge in [0.15, 0.2) is 0 Å². The lowest BCUT2D eigenvalue weighted by Crippen LogP contribution is -2.24. The van der Waals surface area contributed by atoms with Gasteiger partial charge >= 0.3 is 10.3 Å². The van der Waals surface area contributed by atoms with E-state index in [9.17, 15) is 13.5 Å². The van der Waals surface area contributed by atoms with Crippen molar-refractivity contribution >= 4 is 10.3 Å². The lowest BCUT2D eigenvalue weighted by molar-refractivity contribution is 0.0986. The zero-order valence-corrected chi connectivity index (χ0v) is 18.6. The molecule has 3 N–H and O–H groups in total. The van der Waals surface area contributed by atoms with E-state index in [0.29, 0.717) is 24.6 Å². The maximum atomic E-state index is 11.0. The lowest BCUT2D eigenvalue weighted by atomic mass is 9.85. The van der Waals surface area contributed by atoms with Crippen molar-refractivity contribution in [3.63, 3.8) is 0 Å². The summed E-state index contributed by atoms with van der Waals surface area (Å²) in [6.07, 6.45) is 3.21. The van der Waals surface area contributed by atoms with Crippen molar-refractivity contribution in [2.24, 2.45) is 11.1 Å². The number of hydrogen-bond donors (Lipinski definition) is 2. The normalized spacial score (nSPS) is 27.2. The highest BCUT2D eigenvalue weighted by atomic mass is 32.2. The molecule has 0 amide bonds. The van der Waals surface area contributed by atoms with E-state index < -0.39 is 16.4 Å². The SMILES string of the molecule is CC1(C)CC(Cc2cc(O[C@@H]3C[C@@H](COS(N)(=O)=O)[C@@H](O)C3)ncn2)c2ccccc21. The molecule has 1 aromatic carbocycles. The quantitative estimate of drug-likeness (QED) is 0.667. The fourth-order valence-electron chi connectivity index (χ4n) is 4.97. The Hall–Kier alpha value is -2.07. The molecule has 9 heteroatoms. The van der Waals surface area contributed by atoms with Gasteiger partial charge in [0.05, 0.1) is 12.7 Å². The van der Waals surface area contributed by atoms with E-state index in [-0.39, 0.29) is 24.0 Å². The number of fused-ring (bicyclic) bond motifs is 1. The van der Waals surface area contributed by atoms with Crippen LogP contribution in [0.1, 0.15) is 55.8 Å². The summed E-state index contributed by atoms with van der Waals surface area (Å²) in [7, 11) is -4.03. The zero-order valence-electron chi connectivity index (χ0n) is 17.8. The third kappa shape index (κ3) is 5.23. The monoisotopic (exact) mass is 447 g/mol. The van der Waals surface area contributed by atoms with Crippen LogP contribution in [0.2, 0.25) is 0 Å². The largest absolute Gasteiger partial charge is 0.474 e. The number of nitrogens with zero attached hydrogens (tertiary/aromatic N) is 2. The van der Waals surface area contributed by atoms with Crippen LogP contribution in [0.25, 0.3) is 0 Å². The van der Waals surface area contributed by atoms with Crippen LogP contribution in [0, 0.1) is 5.92 Å². The molecule has 1 unspecified atom stereocenters. The minimum absolute atomic E-state index is 0.141. The fourth-order valence-corrected chi connectivity index (χ4v) is 5.34. The molecule has 0 bridgehead atoms. The summed E-state index contributed by atoms with van der Waals surface area (Å²) in [4.78, 5) is 8.67. The fraction of sp³-hybridized carbons (Fsp3) is 0.545. The molecular formula is C22H29N3O5S. The molecule has 0 saturated heterocycles. The third-order valence-electron chi connectivity index (χ3n) is 6.39. The van der Waals surface area contributed by atoms with Gasteiger partial charge in [0, 0.05) is 24.1 Å². The van der Waals surface area contributed by atoms with Crippen molar-refractivity contribution in [2.75, 3.05) is 6.61 Å². The second-order valence-electron chi connectivity index (χ2n) is 9.24. The van der Waals surface area contributed by atoms with E-state index in [1.54, 1.807) is 0 Å². The van der Waals surface area contributed by atoms with Gasteiger partial charge in [0.25, 0.3) is 0 Å². The van der Waals surface area contributed by atoms with Gasteiger partial charge in [-0.15, -0.1) is 0 Å². The molecular weight excluding hydrogens is 418 g/mol. The number of aliphatic hydroxyl groups excluding tert-OH is 1. The lowest BCUT2D eigenvalue weighted by Gasteiger charge is -2.19. The topological polar surface area (TPSA) is 125 Å². The van der Waals surface area contributed by atoms with E-state index in [2.05, 4.69) is 52.3 Å². The van der Waals surface area contributed by atoms with Crippen molar-refractivity contribution in [2.45, 2.75) is 63.1 Å². The minimum Gasteiger partial charge on any atom is -0.474 e. The molecule has 2 aromatic rings. The Balaban J connectivity index is 1.40. The number of benzene rings is 1. The van der Waals surface area contributed by atoms with Crippen LogP contribution < -0.4 is 9.88 Å². The highest BCUT2D eigenvalue weighted by molar-refractivity contribution is 7.84. The van der Waals surface area contributed by atoms with Gasteiger partial charge in [-0.05, 0) is 41.7 Å². The predicted molar refractivity (Wildman–Crippen MR) is 115 cm³/mol. The summed E-state index contributed by atoms with van der Waals surface area (Å²) in [5.74, 6) is 0.490. The van der Waals surface area contributed by atoms with Crippen molar-refractivity contribution in [3.8, 4) is 5.88 Å². The molecule has 1 aromatic heterocycles. The summed E-state index contributed by atoms with van der Waals surface area (Å²) < 4.78 is 32.6. The Morgan fingerprint density at radius 1 is 1.23 bits per heavy atom. The molecule has 2 aliphatic carbocycles. The summed E-state index contributed by atoms with van der Waals surface area (Å²) in [6.45, 7) is 4.40. The van der Waals surface area contributed by atoms with Crippen LogP contribution in [-0.4, -0.2) is 42.3 Å². The van der Waals surface area contributed by atoms with Crippen LogP contribution in [0.4, 0.5) is 0 Å². The molecule has 4 rings (SSSR count). The van der Waals surface area contributed by atoms with Crippen LogP contribution >= 0.6 is 0 Å². The van der Waals surface area contributed by atoms with E-state index in [4.69, 9.17) is 9.88 Å². The van der Waals surface area contributed by atoms with Crippen LogP contribution in [0.5, 0.6) is 5.88 Å². The third-order valence-corrected chi connectivity index (χ3v) is 6.85. The molecule has 0 spiro atoms. The van der Waals surface area contributed by atoms with Crippen LogP contribution in [-0.2, 0) is 26.3 Å². The number of aromatic nitrogens is 2. The summed E-state index contributed by atoms with van der Waals surface area (Å²) in [5, 5.41) is 15.1. The number of aliphatic hydroxyl groups is 1. The van der Waals surface area contributed by atoms with E-state index in [1.807, 2.05) is 6.07 Å². The van der Waals surface area contributed by atoms with E-state index in [0.717, 1.165) is 18.5 Å². The first-order valence-corrected chi connectivity index (χ1v) is 12.0. The summed E-state index contributed by atoms with van der Waals surface area (Å²) >= 11 is 0. The first-order valence-electron chi connectivity index (χ1n) is 10.5. The molecule has 168 valence electrons. The number of hydrogen-bond acceptors (Lipinski definition) is 7. The summed E-state index contributed by atoms with van der Waals surface area (Å²) in [5.41, 5.74) is 3.83. The highest BCUT2D eigenvalue weighted by Gasteiger charge is 2.37. The second-order valence-corrected chi connectivity index (χ2v) is 10.5. The molecule has 1 saturated carbocycles. The van der Waals surface area contributed by atoms with Gasteiger partial charge in [0.2, 0.25) is 5.88 Å². The first-order chi connectivity index (χ1) is 14.6. The zero-order chi connectivity index (χ0) is 22.2. The molecule has 31 heavy (non-hydrogen) atoms. The average molecular weight is 448 g/mol.